The van der Waals surface area contributed by atoms with Crippen LogP contribution in [0.15, 0.2) is 12.1 Å². The van der Waals surface area contributed by atoms with E-state index in [1.165, 1.54) is 6.07 Å². The summed E-state index contributed by atoms with van der Waals surface area (Å²) in [6.45, 7) is 2.44. The summed E-state index contributed by atoms with van der Waals surface area (Å²) in [7, 11) is -3.64. The van der Waals surface area contributed by atoms with Crippen LogP contribution in [-0.4, -0.2) is 38.4 Å². The predicted octanol–water partition coefficient (Wildman–Crippen LogP) is 2.48. The molecule has 1 heterocycles. The number of amides is 1. The summed E-state index contributed by atoms with van der Waals surface area (Å²) in [4.78, 5) is 12.8. The third kappa shape index (κ3) is 3.54. The van der Waals surface area contributed by atoms with E-state index in [1.807, 2.05) is 0 Å². The lowest BCUT2D eigenvalue weighted by atomic mass is 9.95. The molecule has 1 fully saturated rings. The van der Waals surface area contributed by atoms with Crippen molar-refractivity contribution in [2.24, 2.45) is 0 Å². The van der Waals surface area contributed by atoms with Crippen molar-refractivity contribution in [3.05, 3.63) is 33.6 Å². The number of nitrogens with one attached hydrogen (secondary N) is 2. The van der Waals surface area contributed by atoms with Crippen LogP contribution in [0.3, 0.4) is 0 Å². The fraction of sp³-hybridized carbons (Fsp3) is 0.533. The molecular formula is C15H19Cl2FN2O3S. The second-order valence-corrected chi connectivity index (χ2v) is 9.08. The summed E-state index contributed by atoms with van der Waals surface area (Å²) in [5.41, 5.74) is 0.226. The molecule has 0 aliphatic carbocycles. The van der Waals surface area contributed by atoms with Crippen LogP contribution in [0.4, 0.5) is 4.39 Å². The Bertz CT molecular complexity index is 749. The van der Waals surface area contributed by atoms with Crippen molar-refractivity contribution in [2.45, 2.75) is 30.6 Å². The Kier molecular flexibility index (Phi) is 5.79. The van der Waals surface area contributed by atoms with E-state index in [1.54, 1.807) is 6.92 Å². The Hall–Kier alpha value is -0.890. The molecule has 0 spiro atoms. The van der Waals surface area contributed by atoms with Gasteiger partial charge in [-0.25, -0.2) is 12.8 Å². The van der Waals surface area contributed by atoms with Crippen LogP contribution in [0.25, 0.3) is 0 Å². The van der Waals surface area contributed by atoms with Crippen LogP contribution in [0.1, 0.15) is 31.4 Å². The fourth-order valence-corrected chi connectivity index (χ4v) is 4.98. The minimum atomic E-state index is -3.64. The van der Waals surface area contributed by atoms with Crippen LogP contribution >= 0.6 is 23.2 Å². The van der Waals surface area contributed by atoms with E-state index in [-0.39, 0.29) is 28.5 Å². The summed E-state index contributed by atoms with van der Waals surface area (Å²) < 4.78 is 36.7. The van der Waals surface area contributed by atoms with Gasteiger partial charge in [0.25, 0.3) is 0 Å². The zero-order chi connectivity index (χ0) is 18.1. The third-order valence-electron chi connectivity index (χ3n) is 4.39. The third-order valence-corrected chi connectivity index (χ3v) is 7.12. The topological polar surface area (TPSA) is 75.3 Å². The lowest BCUT2D eigenvalue weighted by Gasteiger charge is -2.35. The van der Waals surface area contributed by atoms with E-state index in [0.29, 0.717) is 13.1 Å². The number of piperidine rings is 1. The second-order valence-electron chi connectivity index (χ2n) is 5.97. The van der Waals surface area contributed by atoms with Gasteiger partial charge in [-0.2, -0.15) is 0 Å². The maximum atomic E-state index is 13.7. The molecule has 1 aliphatic rings. The highest BCUT2D eigenvalue weighted by Crippen LogP contribution is 2.34. The predicted molar refractivity (Wildman–Crippen MR) is 92.7 cm³/mol. The van der Waals surface area contributed by atoms with Gasteiger partial charge in [-0.1, -0.05) is 23.2 Å². The number of halogens is 3. The molecule has 2 rings (SSSR count). The molecule has 0 aromatic heterocycles. The smallest absolute Gasteiger partial charge is 0.242 e. The van der Waals surface area contributed by atoms with Gasteiger partial charge in [0.15, 0.2) is 14.6 Å². The Balaban J connectivity index is 2.33. The molecule has 1 aromatic rings. The SMILES string of the molecule is CC(NC(=O)C1(S(C)(=O)=O)CCNCC1)c1c(Cl)ccc(F)c1Cl. The number of sulfone groups is 1. The number of hydrogen-bond acceptors (Lipinski definition) is 4. The monoisotopic (exact) mass is 396 g/mol. The summed E-state index contributed by atoms with van der Waals surface area (Å²) in [5, 5.41) is 5.70. The van der Waals surface area contributed by atoms with E-state index >= 15 is 0 Å². The van der Waals surface area contributed by atoms with Gasteiger partial charge < -0.3 is 10.6 Å². The molecule has 1 aromatic carbocycles. The average molecular weight is 397 g/mol. The molecule has 0 radical (unpaired) electrons. The van der Waals surface area contributed by atoms with E-state index < -0.39 is 32.4 Å². The molecule has 1 unspecified atom stereocenters. The van der Waals surface area contributed by atoms with Gasteiger partial charge in [-0.15, -0.1) is 0 Å². The molecule has 1 atom stereocenters. The first-order valence-corrected chi connectivity index (χ1v) is 10.1. The van der Waals surface area contributed by atoms with Crippen molar-refractivity contribution in [3.63, 3.8) is 0 Å². The highest BCUT2D eigenvalue weighted by atomic mass is 35.5. The van der Waals surface area contributed by atoms with Crippen molar-refractivity contribution >= 4 is 38.9 Å². The Labute approximate surface area is 150 Å². The molecule has 134 valence electrons. The molecule has 2 N–H and O–H groups in total. The quantitative estimate of drug-likeness (QED) is 0.766. The van der Waals surface area contributed by atoms with E-state index in [2.05, 4.69) is 10.6 Å². The number of carbonyl (C=O) groups excluding carboxylic acids is 1. The molecule has 0 saturated carbocycles. The molecule has 24 heavy (non-hydrogen) atoms. The molecule has 1 amide bonds. The van der Waals surface area contributed by atoms with Crippen molar-refractivity contribution in [1.29, 1.82) is 0 Å². The minimum Gasteiger partial charge on any atom is -0.348 e. The number of hydrogen-bond donors (Lipinski definition) is 2. The normalized spacial score (nSPS) is 18.9. The Morgan fingerprint density at radius 2 is 1.92 bits per heavy atom. The van der Waals surface area contributed by atoms with Gasteiger partial charge in [0.05, 0.1) is 11.1 Å². The average Bonchev–Trinajstić information content (AvgIpc) is 2.51. The first-order chi connectivity index (χ1) is 11.1. The minimum absolute atomic E-state index is 0.176. The highest BCUT2D eigenvalue weighted by molar-refractivity contribution is 7.92. The first kappa shape index (κ1) is 19.4. The van der Waals surface area contributed by atoms with E-state index in [0.717, 1.165) is 12.3 Å². The number of benzene rings is 1. The first-order valence-electron chi connectivity index (χ1n) is 7.45. The van der Waals surface area contributed by atoms with Gasteiger partial charge in [-0.05, 0) is 45.0 Å². The fourth-order valence-electron chi connectivity index (χ4n) is 2.94. The van der Waals surface area contributed by atoms with Gasteiger partial charge in [0.1, 0.15) is 5.82 Å². The maximum absolute atomic E-state index is 13.7. The van der Waals surface area contributed by atoms with Gasteiger partial charge in [0.2, 0.25) is 5.91 Å². The molecule has 1 aliphatic heterocycles. The highest BCUT2D eigenvalue weighted by Gasteiger charge is 2.49. The van der Waals surface area contributed by atoms with Crippen molar-refractivity contribution in [2.75, 3.05) is 19.3 Å². The van der Waals surface area contributed by atoms with Crippen LogP contribution < -0.4 is 10.6 Å². The summed E-state index contributed by atoms with van der Waals surface area (Å²) in [6.07, 6.45) is 1.41. The van der Waals surface area contributed by atoms with Crippen molar-refractivity contribution in [3.8, 4) is 0 Å². The Morgan fingerprint density at radius 1 is 1.33 bits per heavy atom. The standard InChI is InChI=1S/C15H19Cl2FN2O3S/c1-9(12-10(16)3-4-11(18)13(12)17)20-14(21)15(24(2,22)23)5-7-19-8-6-15/h3-4,9,19H,5-8H2,1-2H3,(H,20,21). The van der Waals surface area contributed by atoms with Crippen molar-refractivity contribution < 1.29 is 17.6 Å². The molecule has 0 bridgehead atoms. The largest absolute Gasteiger partial charge is 0.348 e. The second kappa shape index (κ2) is 7.15. The van der Waals surface area contributed by atoms with Crippen LogP contribution in [-0.2, 0) is 14.6 Å². The Morgan fingerprint density at radius 3 is 2.46 bits per heavy atom. The zero-order valence-corrected chi connectivity index (χ0v) is 15.7. The van der Waals surface area contributed by atoms with E-state index in [4.69, 9.17) is 23.2 Å². The van der Waals surface area contributed by atoms with Crippen LogP contribution in [0.2, 0.25) is 10.0 Å². The molecule has 5 nitrogen and oxygen atoms in total. The summed E-state index contributed by atoms with van der Waals surface area (Å²) in [5.74, 6) is -1.27. The van der Waals surface area contributed by atoms with E-state index in [9.17, 15) is 17.6 Å². The van der Waals surface area contributed by atoms with Gasteiger partial charge in [-0.3, -0.25) is 4.79 Å². The molecular weight excluding hydrogens is 378 g/mol. The van der Waals surface area contributed by atoms with Gasteiger partial charge in [0, 0.05) is 16.8 Å². The number of rotatable bonds is 4. The number of carbonyl (C=O) groups is 1. The maximum Gasteiger partial charge on any atom is 0.242 e. The molecule has 1 saturated heterocycles. The summed E-state index contributed by atoms with van der Waals surface area (Å²) in [6, 6.07) is 1.74. The van der Waals surface area contributed by atoms with Crippen LogP contribution in [0, 0.1) is 5.82 Å². The van der Waals surface area contributed by atoms with Crippen molar-refractivity contribution in [1.82, 2.24) is 10.6 Å². The molecule has 9 heteroatoms. The zero-order valence-electron chi connectivity index (χ0n) is 13.3. The lowest BCUT2D eigenvalue weighted by molar-refractivity contribution is -0.125. The lowest BCUT2D eigenvalue weighted by Crippen LogP contribution is -2.57. The summed E-state index contributed by atoms with van der Waals surface area (Å²) >= 11 is 12.0. The van der Waals surface area contributed by atoms with Crippen LogP contribution in [0.5, 0.6) is 0 Å². The van der Waals surface area contributed by atoms with Gasteiger partial charge >= 0.3 is 0 Å².